The van der Waals surface area contributed by atoms with E-state index in [1.54, 1.807) is 6.21 Å². The number of amides is 1. The Labute approximate surface area is 150 Å². The molecule has 4 rings (SSSR count). The molecule has 26 heavy (non-hydrogen) atoms. The van der Waals surface area contributed by atoms with Crippen molar-refractivity contribution in [2.75, 3.05) is 5.32 Å². The maximum absolute atomic E-state index is 12.1. The Morgan fingerprint density at radius 2 is 1.77 bits per heavy atom. The normalized spacial score (nSPS) is 14.8. The molecule has 1 N–H and O–H groups in total. The van der Waals surface area contributed by atoms with Crippen LogP contribution in [-0.2, 0) is 4.79 Å². The highest BCUT2D eigenvalue weighted by molar-refractivity contribution is 6.53. The van der Waals surface area contributed by atoms with Gasteiger partial charge in [0.05, 0.1) is 29.0 Å². The Morgan fingerprint density at radius 3 is 2.58 bits per heavy atom. The predicted octanol–water partition coefficient (Wildman–Crippen LogP) is 3.26. The first kappa shape index (κ1) is 16.0. The fourth-order valence-corrected chi connectivity index (χ4v) is 3.01. The number of nitrogens with one attached hydrogen (secondary N) is 1. The molecule has 6 heteroatoms. The van der Waals surface area contributed by atoms with E-state index in [1.165, 1.54) is 0 Å². The van der Waals surface area contributed by atoms with Crippen LogP contribution in [0, 0.1) is 13.8 Å². The highest BCUT2D eigenvalue weighted by Gasteiger charge is 2.25. The molecular weight excluding hydrogens is 326 g/mol. The van der Waals surface area contributed by atoms with Gasteiger partial charge in [-0.25, -0.2) is 4.68 Å². The second-order valence-electron chi connectivity index (χ2n) is 6.02. The average molecular weight is 343 g/mol. The molecule has 1 aliphatic rings. The molecule has 1 amide bonds. The van der Waals surface area contributed by atoms with Crippen molar-refractivity contribution in [3.63, 3.8) is 0 Å². The molecular formula is C20H17N5O. The number of carbonyl (C=O) groups excluding carboxylic acids is 1. The minimum Gasteiger partial charge on any atom is -0.320 e. The van der Waals surface area contributed by atoms with Crippen molar-refractivity contribution >= 4 is 23.5 Å². The lowest BCUT2D eigenvalue weighted by atomic mass is 10.1. The van der Waals surface area contributed by atoms with Gasteiger partial charge in [0, 0.05) is 11.1 Å². The molecule has 2 heterocycles. The number of aryl methyl sites for hydroxylation is 1. The van der Waals surface area contributed by atoms with E-state index >= 15 is 0 Å². The number of rotatable bonds is 3. The zero-order chi connectivity index (χ0) is 18.1. The molecule has 0 aliphatic carbocycles. The number of para-hydroxylation sites is 2. The van der Waals surface area contributed by atoms with Crippen LogP contribution in [0.5, 0.6) is 0 Å². The molecule has 0 bridgehead atoms. The standard InChI is InChI=1S/C20H17N5O/c1-13-17(14(2)25(24-13)15-8-4-3-5-9-15)12-21-23-19-16-10-6-7-11-18(16)22-20(19)26/h3-12H,1-2H3,(H,22,23,26)/b21-12-. The SMILES string of the molecule is Cc1nn(-c2ccccc2)c(C)c1/C=N\N=C1/C(=O)Nc2ccccc21. The molecule has 0 fully saturated rings. The van der Waals surface area contributed by atoms with E-state index in [2.05, 4.69) is 20.6 Å². The Bertz CT molecular complexity index is 1050. The van der Waals surface area contributed by atoms with Gasteiger partial charge in [0.2, 0.25) is 0 Å². The van der Waals surface area contributed by atoms with E-state index in [1.807, 2.05) is 73.1 Å². The third-order valence-electron chi connectivity index (χ3n) is 4.34. The third kappa shape index (κ3) is 2.71. The number of carbonyl (C=O) groups is 1. The minimum absolute atomic E-state index is 0.239. The van der Waals surface area contributed by atoms with E-state index in [9.17, 15) is 4.79 Å². The summed E-state index contributed by atoms with van der Waals surface area (Å²) in [5.41, 5.74) is 5.55. The van der Waals surface area contributed by atoms with Gasteiger partial charge in [-0.15, -0.1) is 5.10 Å². The molecule has 0 atom stereocenters. The van der Waals surface area contributed by atoms with Crippen LogP contribution in [0.25, 0.3) is 5.69 Å². The fraction of sp³-hybridized carbons (Fsp3) is 0.100. The maximum atomic E-state index is 12.1. The zero-order valence-corrected chi connectivity index (χ0v) is 14.5. The number of nitrogens with zero attached hydrogens (tertiary/aromatic N) is 4. The molecule has 128 valence electrons. The predicted molar refractivity (Wildman–Crippen MR) is 102 cm³/mol. The highest BCUT2D eigenvalue weighted by Crippen LogP contribution is 2.23. The summed E-state index contributed by atoms with van der Waals surface area (Å²) in [7, 11) is 0. The molecule has 3 aromatic rings. The lowest BCUT2D eigenvalue weighted by molar-refractivity contribution is -0.110. The first-order valence-electron chi connectivity index (χ1n) is 8.28. The molecule has 2 aromatic carbocycles. The van der Waals surface area contributed by atoms with Gasteiger partial charge in [-0.2, -0.15) is 10.2 Å². The molecule has 0 unspecified atom stereocenters. The average Bonchev–Trinajstić information content (AvgIpc) is 3.13. The first-order valence-corrected chi connectivity index (χ1v) is 8.28. The lowest BCUT2D eigenvalue weighted by Gasteiger charge is -2.03. The third-order valence-corrected chi connectivity index (χ3v) is 4.34. The van der Waals surface area contributed by atoms with E-state index < -0.39 is 0 Å². The van der Waals surface area contributed by atoms with Gasteiger partial charge >= 0.3 is 0 Å². The van der Waals surface area contributed by atoms with E-state index in [0.29, 0.717) is 5.71 Å². The number of hydrogen-bond acceptors (Lipinski definition) is 4. The van der Waals surface area contributed by atoms with Gasteiger partial charge < -0.3 is 5.32 Å². The van der Waals surface area contributed by atoms with Crippen LogP contribution in [0.15, 0.2) is 64.8 Å². The lowest BCUT2D eigenvalue weighted by Crippen LogP contribution is -2.13. The van der Waals surface area contributed by atoms with Crippen molar-refractivity contribution in [1.29, 1.82) is 0 Å². The summed E-state index contributed by atoms with van der Waals surface area (Å²) in [5.74, 6) is -0.239. The summed E-state index contributed by atoms with van der Waals surface area (Å²) in [6.07, 6.45) is 1.65. The van der Waals surface area contributed by atoms with Crippen molar-refractivity contribution in [2.24, 2.45) is 10.2 Å². The molecule has 0 saturated heterocycles. The molecule has 1 aromatic heterocycles. The topological polar surface area (TPSA) is 71.6 Å². The highest BCUT2D eigenvalue weighted by atomic mass is 16.2. The summed E-state index contributed by atoms with van der Waals surface area (Å²) in [6.45, 7) is 3.91. The number of hydrogen-bond donors (Lipinski definition) is 1. The van der Waals surface area contributed by atoms with Gasteiger partial charge in [0.1, 0.15) is 0 Å². The molecule has 6 nitrogen and oxygen atoms in total. The van der Waals surface area contributed by atoms with Crippen LogP contribution in [0.1, 0.15) is 22.5 Å². The largest absolute Gasteiger partial charge is 0.320 e. The van der Waals surface area contributed by atoms with Gasteiger partial charge in [-0.05, 0) is 32.0 Å². The Balaban J connectivity index is 1.66. The maximum Gasteiger partial charge on any atom is 0.276 e. The van der Waals surface area contributed by atoms with Gasteiger partial charge in [-0.1, -0.05) is 36.4 Å². The fourth-order valence-electron chi connectivity index (χ4n) is 3.01. The van der Waals surface area contributed by atoms with Crippen molar-refractivity contribution in [2.45, 2.75) is 13.8 Å². The van der Waals surface area contributed by atoms with E-state index in [-0.39, 0.29) is 5.91 Å². The molecule has 0 saturated carbocycles. The molecule has 0 spiro atoms. The second-order valence-corrected chi connectivity index (χ2v) is 6.02. The number of aromatic nitrogens is 2. The number of benzene rings is 2. The van der Waals surface area contributed by atoms with Gasteiger partial charge in [0.15, 0.2) is 5.71 Å². The van der Waals surface area contributed by atoms with Crippen molar-refractivity contribution in [3.8, 4) is 5.69 Å². The van der Waals surface area contributed by atoms with Crippen LogP contribution < -0.4 is 5.32 Å². The smallest absolute Gasteiger partial charge is 0.276 e. The first-order chi connectivity index (χ1) is 12.6. The zero-order valence-electron chi connectivity index (χ0n) is 14.5. The Kier molecular flexibility index (Phi) is 3.93. The summed E-state index contributed by atoms with van der Waals surface area (Å²) in [4.78, 5) is 12.1. The quantitative estimate of drug-likeness (QED) is 0.586. The molecule has 0 radical (unpaired) electrons. The number of fused-ring (bicyclic) bond motifs is 1. The molecule has 1 aliphatic heterocycles. The van der Waals surface area contributed by atoms with Crippen molar-refractivity contribution in [1.82, 2.24) is 9.78 Å². The van der Waals surface area contributed by atoms with E-state index in [4.69, 9.17) is 0 Å². The number of anilines is 1. The van der Waals surface area contributed by atoms with Crippen LogP contribution >= 0.6 is 0 Å². The summed E-state index contributed by atoms with van der Waals surface area (Å²) in [5, 5.41) is 15.7. The Morgan fingerprint density at radius 1 is 1.04 bits per heavy atom. The second kappa shape index (κ2) is 6.40. The Hall–Kier alpha value is -3.54. The van der Waals surface area contributed by atoms with Crippen LogP contribution in [0.3, 0.4) is 0 Å². The monoisotopic (exact) mass is 343 g/mol. The van der Waals surface area contributed by atoms with Crippen LogP contribution in [0.2, 0.25) is 0 Å². The van der Waals surface area contributed by atoms with Crippen LogP contribution in [-0.4, -0.2) is 27.6 Å². The summed E-state index contributed by atoms with van der Waals surface area (Å²) < 4.78 is 1.88. The van der Waals surface area contributed by atoms with Crippen molar-refractivity contribution < 1.29 is 4.79 Å². The van der Waals surface area contributed by atoms with E-state index in [0.717, 1.165) is 33.9 Å². The van der Waals surface area contributed by atoms with Gasteiger partial charge in [0.25, 0.3) is 5.91 Å². The van der Waals surface area contributed by atoms with Crippen LogP contribution in [0.4, 0.5) is 5.69 Å². The van der Waals surface area contributed by atoms with Crippen molar-refractivity contribution in [3.05, 3.63) is 77.1 Å². The minimum atomic E-state index is -0.239. The van der Waals surface area contributed by atoms with Gasteiger partial charge in [-0.3, -0.25) is 4.79 Å². The summed E-state index contributed by atoms with van der Waals surface area (Å²) in [6, 6.07) is 17.4. The summed E-state index contributed by atoms with van der Waals surface area (Å²) >= 11 is 0.